The van der Waals surface area contributed by atoms with Crippen LogP contribution in [0.1, 0.15) is 13.8 Å². The highest BCUT2D eigenvalue weighted by Gasteiger charge is 2.13. The third kappa shape index (κ3) is 3.92. The van der Waals surface area contributed by atoms with Crippen molar-refractivity contribution in [1.29, 1.82) is 0 Å². The normalized spacial score (nSPS) is 10.4. The summed E-state index contributed by atoms with van der Waals surface area (Å²) in [5, 5.41) is 5.13. The van der Waals surface area contributed by atoms with Crippen molar-refractivity contribution in [3.8, 4) is 11.3 Å². The Morgan fingerprint density at radius 2 is 1.88 bits per heavy atom. The summed E-state index contributed by atoms with van der Waals surface area (Å²) in [6.07, 6.45) is 0.991. The zero-order valence-corrected chi connectivity index (χ0v) is 14.3. The summed E-state index contributed by atoms with van der Waals surface area (Å²) in [5.74, 6) is 0.118. The second-order valence-corrected chi connectivity index (χ2v) is 5.37. The third-order valence-corrected chi connectivity index (χ3v) is 3.40. The smallest absolute Gasteiger partial charge is 0.412 e. The first kappa shape index (κ1) is 17.3. The van der Waals surface area contributed by atoms with Crippen LogP contribution in [-0.4, -0.2) is 33.6 Å². The molecule has 0 aliphatic rings. The maximum Gasteiger partial charge on any atom is 0.412 e. The highest BCUT2D eigenvalue weighted by molar-refractivity contribution is 5.99. The average molecular weight is 351 g/mol. The Balaban J connectivity index is 2.07. The van der Waals surface area contributed by atoms with Crippen molar-refractivity contribution in [3.05, 3.63) is 42.6 Å². The SMILES string of the molecule is CCOC(=O)Nc1cc2ncc(-c3ccccc3)nc2c(NC(C)=O)n1. The quantitative estimate of drug-likeness (QED) is 0.747. The van der Waals surface area contributed by atoms with E-state index in [0.29, 0.717) is 16.7 Å². The van der Waals surface area contributed by atoms with E-state index >= 15 is 0 Å². The molecular formula is C18H17N5O3. The van der Waals surface area contributed by atoms with Crippen LogP contribution in [0, 0.1) is 0 Å². The van der Waals surface area contributed by atoms with Gasteiger partial charge in [0.15, 0.2) is 5.82 Å². The number of hydrogen-bond acceptors (Lipinski definition) is 6. The lowest BCUT2D eigenvalue weighted by Gasteiger charge is -2.10. The van der Waals surface area contributed by atoms with Gasteiger partial charge in [-0.2, -0.15) is 0 Å². The van der Waals surface area contributed by atoms with Crippen LogP contribution in [0.15, 0.2) is 42.6 Å². The molecule has 0 atom stereocenters. The lowest BCUT2D eigenvalue weighted by Crippen LogP contribution is -2.16. The maximum atomic E-state index is 11.6. The van der Waals surface area contributed by atoms with Gasteiger partial charge in [-0.25, -0.2) is 14.8 Å². The number of pyridine rings is 1. The molecule has 0 fully saturated rings. The fraction of sp³-hybridized carbons (Fsp3) is 0.167. The number of nitrogens with one attached hydrogen (secondary N) is 2. The summed E-state index contributed by atoms with van der Waals surface area (Å²) in [7, 11) is 0. The number of aromatic nitrogens is 3. The fourth-order valence-corrected chi connectivity index (χ4v) is 2.35. The summed E-state index contributed by atoms with van der Waals surface area (Å²) in [4.78, 5) is 36.4. The van der Waals surface area contributed by atoms with Gasteiger partial charge in [-0.05, 0) is 6.92 Å². The zero-order valence-electron chi connectivity index (χ0n) is 14.3. The molecule has 8 nitrogen and oxygen atoms in total. The van der Waals surface area contributed by atoms with Crippen molar-refractivity contribution in [2.24, 2.45) is 0 Å². The first-order chi connectivity index (χ1) is 12.6. The third-order valence-electron chi connectivity index (χ3n) is 3.40. The summed E-state index contributed by atoms with van der Waals surface area (Å²) < 4.78 is 4.84. The van der Waals surface area contributed by atoms with E-state index in [-0.39, 0.29) is 24.1 Å². The Kier molecular flexibility index (Phi) is 5.02. The standard InChI is InChI=1S/C18H17N5O3/c1-3-26-18(25)23-15-9-13-16(17(22-15)20-11(2)24)21-14(10-19-13)12-7-5-4-6-8-12/h4-10H,3H2,1-2H3,(H2,20,22,23,24,25). The van der Waals surface area contributed by atoms with Gasteiger partial charge in [0.1, 0.15) is 11.3 Å². The molecule has 3 aromatic rings. The van der Waals surface area contributed by atoms with Crippen LogP contribution in [0.4, 0.5) is 16.4 Å². The highest BCUT2D eigenvalue weighted by atomic mass is 16.5. The number of fused-ring (bicyclic) bond motifs is 1. The Bertz CT molecular complexity index is 960. The number of benzene rings is 1. The van der Waals surface area contributed by atoms with Crippen molar-refractivity contribution < 1.29 is 14.3 Å². The van der Waals surface area contributed by atoms with Gasteiger partial charge in [0, 0.05) is 18.6 Å². The van der Waals surface area contributed by atoms with Gasteiger partial charge in [0.2, 0.25) is 5.91 Å². The lowest BCUT2D eigenvalue weighted by atomic mass is 10.1. The Morgan fingerprint density at radius 3 is 2.58 bits per heavy atom. The number of carbonyl (C=O) groups excluding carboxylic acids is 2. The van der Waals surface area contributed by atoms with E-state index in [4.69, 9.17) is 4.74 Å². The molecule has 2 amide bonds. The second kappa shape index (κ2) is 7.56. The first-order valence-electron chi connectivity index (χ1n) is 8.01. The highest BCUT2D eigenvalue weighted by Crippen LogP contribution is 2.25. The van der Waals surface area contributed by atoms with E-state index in [0.717, 1.165) is 5.56 Å². The molecule has 1 aromatic carbocycles. The second-order valence-electron chi connectivity index (χ2n) is 5.37. The minimum Gasteiger partial charge on any atom is -0.450 e. The fourth-order valence-electron chi connectivity index (χ4n) is 2.35. The summed E-state index contributed by atoms with van der Waals surface area (Å²) in [6, 6.07) is 11.1. The predicted molar refractivity (Wildman–Crippen MR) is 97.7 cm³/mol. The van der Waals surface area contributed by atoms with Crippen molar-refractivity contribution >= 4 is 34.7 Å². The molecule has 3 rings (SSSR count). The van der Waals surface area contributed by atoms with E-state index in [1.54, 1.807) is 19.2 Å². The number of hydrogen-bond donors (Lipinski definition) is 2. The van der Waals surface area contributed by atoms with Crippen LogP contribution in [-0.2, 0) is 9.53 Å². The molecule has 2 heterocycles. The van der Waals surface area contributed by atoms with Crippen LogP contribution in [0.3, 0.4) is 0 Å². The number of nitrogens with zero attached hydrogens (tertiary/aromatic N) is 3. The number of carbonyl (C=O) groups is 2. The van der Waals surface area contributed by atoms with Gasteiger partial charge in [-0.1, -0.05) is 30.3 Å². The predicted octanol–water partition coefficient (Wildman–Crippen LogP) is 3.22. The van der Waals surface area contributed by atoms with Gasteiger partial charge in [0.05, 0.1) is 24.0 Å². The summed E-state index contributed by atoms with van der Waals surface area (Å²) in [6.45, 7) is 3.30. The Hall–Kier alpha value is -3.55. The van der Waals surface area contributed by atoms with Crippen LogP contribution < -0.4 is 10.6 Å². The number of amides is 2. The molecular weight excluding hydrogens is 334 g/mol. The van der Waals surface area contributed by atoms with Gasteiger partial charge < -0.3 is 10.1 Å². The van der Waals surface area contributed by atoms with Crippen molar-refractivity contribution in [2.75, 3.05) is 17.2 Å². The van der Waals surface area contributed by atoms with E-state index in [1.807, 2.05) is 30.3 Å². The maximum absolute atomic E-state index is 11.6. The molecule has 0 spiro atoms. The first-order valence-corrected chi connectivity index (χ1v) is 8.01. The molecule has 0 aliphatic carbocycles. The molecule has 0 saturated carbocycles. The Labute approximate surface area is 149 Å². The van der Waals surface area contributed by atoms with E-state index in [9.17, 15) is 9.59 Å². The minimum atomic E-state index is -0.637. The summed E-state index contributed by atoms with van der Waals surface area (Å²) in [5.41, 5.74) is 2.45. The topological polar surface area (TPSA) is 106 Å². The van der Waals surface area contributed by atoms with Gasteiger partial charge in [-0.3, -0.25) is 15.1 Å². The number of anilines is 2. The number of rotatable bonds is 4. The van der Waals surface area contributed by atoms with Gasteiger partial charge >= 0.3 is 6.09 Å². The van der Waals surface area contributed by atoms with Crippen LogP contribution in [0.2, 0.25) is 0 Å². The van der Waals surface area contributed by atoms with E-state index in [1.165, 1.54) is 6.92 Å². The van der Waals surface area contributed by atoms with E-state index < -0.39 is 6.09 Å². The van der Waals surface area contributed by atoms with Crippen molar-refractivity contribution in [1.82, 2.24) is 15.0 Å². The van der Waals surface area contributed by atoms with Crippen LogP contribution >= 0.6 is 0 Å². The molecule has 2 aromatic heterocycles. The molecule has 8 heteroatoms. The molecule has 0 unspecified atom stereocenters. The largest absolute Gasteiger partial charge is 0.450 e. The molecule has 0 bridgehead atoms. The molecule has 0 saturated heterocycles. The van der Waals surface area contributed by atoms with Crippen LogP contribution in [0.5, 0.6) is 0 Å². The van der Waals surface area contributed by atoms with E-state index in [2.05, 4.69) is 25.6 Å². The average Bonchev–Trinajstić information content (AvgIpc) is 2.62. The van der Waals surface area contributed by atoms with Crippen molar-refractivity contribution in [3.63, 3.8) is 0 Å². The van der Waals surface area contributed by atoms with Crippen molar-refractivity contribution in [2.45, 2.75) is 13.8 Å². The van der Waals surface area contributed by atoms with Gasteiger partial charge in [0.25, 0.3) is 0 Å². The summed E-state index contributed by atoms with van der Waals surface area (Å²) >= 11 is 0. The molecule has 0 aliphatic heterocycles. The number of ether oxygens (including phenoxy) is 1. The molecule has 132 valence electrons. The van der Waals surface area contributed by atoms with Crippen LogP contribution in [0.25, 0.3) is 22.3 Å². The lowest BCUT2D eigenvalue weighted by molar-refractivity contribution is -0.114. The monoisotopic (exact) mass is 351 g/mol. The zero-order chi connectivity index (χ0) is 18.5. The Morgan fingerprint density at radius 1 is 1.12 bits per heavy atom. The van der Waals surface area contributed by atoms with Gasteiger partial charge in [-0.15, -0.1) is 0 Å². The molecule has 2 N–H and O–H groups in total. The molecule has 0 radical (unpaired) electrons. The molecule has 26 heavy (non-hydrogen) atoms. The minimum absolute atomic E-state index is 0.210.